The monoisotopic (exact) mass is 319 g/mol. The summed E-state index contributed by atoms with van der Waals surface area (Å²) in [4.78, 5) is 36.5. The molecule has 1 atom stereocenters. The SMILES string of the molecule is Cn1c2c(c(=O)n(C)c1=O)C(c1ccc(Cl)cc1)CC(=O)N2. The average Bonchev–Trinajstić information content (AvgIpc) is 2.50. The first-order valence-corrected chi connectivity index (χ1v) is 7.13. The molecule has 1 aliphatic rings. The maximum Gasteiger partial charge on any atom is 0.332 e. The molecule has 1 N–H and O–H groups in total. The number of hydrogen-bond donors (Lipinski definition) is 1. The largest absolute Gasteiger partial charge is 0.332 e. The number of amides is 1. The van der Waals surface area contributed by atoms with Crippen molar-refractivity contribution < 1.29 is 4.79 Å². The molecule has 1 amide bonds. The van der Waals surface area contributed by atoms with Crippen molar-refractivity contribution in [1.82, 2.24) is 9.13 Å². The Kier molecular flexibility index (Phi) is 3.41. The lowest BCUT2D eigenvalue weighted by atomic mass is 9.87. The minimum absolute atomic E-state index is 0.155. The van der Waals surface area contributed by atoms with E-state index in [1.54, 1.807) is 24.3 Å². The predicted octanol–water partition coefficient (Wildman–Crippen LogP) is 1.21. The molecule has 6 nitrogen and oxygen atoms in total. The molecule has 0 radical (unpaired) electrons. The third kappa shape index (κ3) is 2.16. The molecule has 0 saturated carbocycles. The fourth-order valence-corrected chi connectivity index (χ4v) is 2.91. The number of halogens is 1. The Morgan fingerprint density at radius 3 is 2.36 bits per heavy atom. The minimum Gasteiger partial charge on any atom is -0.312 e. The summed E-state index contributed by atoms with van der Waals surface area (Å²) in [7, 11) is 2.96. The third-order valence-corrected chi connectivity index (χ3v) is 4.22. The highest BCUT2D eigenvalue weighted by atomic mass is 35.5. The van der Waals surface area contributed by atoms with E-state index in [1.165, 1.54) is 18.7 Å². The van der Waals surface area contributed by atoms with Crippen LogP contribution in [-0.2, 0) is 18.9 Å². The van der Waals surface area contributed by atoms with Gasteiger partial charge in [-0.2, -0.15) is 0 Å². The first kappa shape index (κ1) is 14.6. The summed E-state index contributed by atoms with van der Waals surface area (Å²) < 4.78 is 2.34. The second-order valence-corrected chi connectivity index (χ2v) is 5.76. The topological polar surface area (TPSA) is 73.1 Å². The van der Waals surface area contributed by atoms with Crippen molar-refractivity contribution in [3.8, 4) is 0 Å². The van der Waals surface area contributed by atoms with Crippen molar-refractivity contribution >= 4 is 23.3 Å². The Bertz CT molecular complexity index is 881. The maximum atomic E-state index is 12.5. The molecule has 1 aromatic heterocycles. The van der Waals surface area contributed by atoms with Crippen LogP contribution in [0.1, 0.15) is 23.5 Å². The van der Waals surface area contributed by atoms with Gasteiger partial charge in [0.15, 0.2) is 0 Å². The van der Waals surface area contributed by atoms with E-state index < -0.39 is 17.2 Å². The van der Waals surface area contributed by atoms with Crippen molar-refractivity contribution in [3.05, 3.63) is 61.3 Å². The summed E-state index contributed by atoms with van der Waals surface area (Å²) in [5.74, 6) is -0.355. The van der Waals surface area contributed by atoms with Crippen molar-refractivity contribution in [2.45, 2.75) is 12.3 Å². The fourth-order valence-electron chi connectivity index (χ4n) is 2.79. The number of carbonyl (C=O) groups is 1. The summed E-state index contributed by atoms with van der Waals surface area (Å²) in [5, 5.41) is 3.21. The molecule has 2 aromatic rings. The van der Waals surface area contributed by atoms with E-state index in [1.807, 2.05) is 0 Å². The summed E-state index contributed by atoms with van der Waals surface area (Å²) in [6, 6.07) is 7.02. The van der Waals surface area contributed by atoms with Crippen LogP contribution in [0.3, 0.4) is 0 Å². The van der Waals surface area contributed by atoms with Gasteiger partial charge in [-0.15, -0.1) is 0 Å². The van der Waals surface area contributed by atoms with Crippen LogP contribution in [0.2, 0.25) is 5.02 Å². The zero-order valence-corrected chi connectivity index (χ0v) is 12.8. The van der Waals surface area contributed by atoms with Crippen LogP contribution < -0.4 is 16.6 Å². The number of hydrogen-bond acceptors (Lipinski definition) is 3. The van der Waals surface area contributed by atoms with Gasteiger partial charge in [-0.25, -0.2) is 4.79 Å². The van der Waals surface area contributed by atoms with Gasteiger partial charge in [0, 0.05) is 31.5 Å². The van der Waals surface area contributed by atoms with E-state index in [-0.39, 0.29) is 18.1 Å². The molecule has 3 rings (SSSR count). The zero-order valence-electron chi connectivity index (χ0n) is 12.1. The molecular formula is C15H14ClN3O3. The summed E-state index contributed by atoms with van der Waals surface area (Å²) in [6.07, 6.45) is 0.155. The second-order valence-electron chi connectivity index (χ2n) is 5.32. The number of nitrogens with one attached hydrogen (secondary N) is 1. The Hall–Kier alpha value is -2.34. The number of aromatic nitrogens is 2. The number of fused-ring (bicyclic) bond motifs is 1. The number of nitrogens with zero attached hydrogens (tertiary/aromatic N) is 2. The average molecular weight is 320 g/mol. The van der Waals surface area contributed by atoms with Gasteiger partial charge in [-0.1, -0.05) is 23.7 Å². The van der Waals surface area contributed by atoms with E-state index in [2.05, 4.69) is 5.32 Å². The van der Waals surface area contributed by atoms with Gasteiger partial charge in [0.05, 0.1) is 5.56 Å². The molecule has 114 valence electrons. The number of rotatable bonds is 1. The van der Waals surface area contributed by atoms with E-state index in [0.717, 1.165) is 10.1 Å². The van der Waals surface area contributed by atoms with Crippen LogP contribution in [-0.4, -0.2) is 15.0 Å². The molecule has 2 heterocycles. The van der Waals surface area contributed by atoms with Crippen LogP contribution in [0.4, 0.5) is 5.82 Å². The summed E-state index contributed by atoms with van der Waals surface area (Å²) >= 11 is 5.89. The second kappa shape index (κ2) is 5.14. The van der Waals surface area contributed by atoms with Crippen LogP contribution >= 0.6 is 11.6 Å². The first-order chi connectivity index (χ1) is 10.4. The normalized spacial score (nSPS) is 17.0. The summed E-state index contributed by atoms with van der Waals surface area (Å²) in [6.45, 7) is 0. The molecule has 1 unspecified atom stereocenters. The molecule has 0 bridgehead atoms. The molecule has 1 aromatic carbocycles. The fraction of sp³-hybridized carbons (Fsp3) is 0.267. The number of benzene rings is 1. The smallest absolute Gasteiger partial charge is 0.312 e. The van der Waals surface area contributed by atoms with Crippen LogP contribution in [0.15, 0.2) is 33.9 Å². The lowest BCUT2D eigenvalue weighted by molar-refractivity contribution is -0.116. The van der Waals surface area contributed by atoms with Gasteiger partial charge in [0.25, 0.3) is 5.56 Å². The van der Waals surface area contributed by atoms with Crippen molar-refractivity contribution in [2.75, 3.05) is 5.32 Å². The highest BCUT2D eigenvalue weighted by Gasteiger charge is 2.32. The van der Waals surface area contributed by atoms with Crippen molar-refractivity contribution in [3.63, 3.8) is 0 Å². The molecule has 7 heteroatoms. The molecule has 0 saturated heterocycles. The van der Waals surface area contributed by atoms with E-state index in [4.69, 9.17) is 11.6 Å². The molecule has 0 spiro atoms. The third-order valence-electron chi connectivity index (χ3n) is 3.97. The molecule has 22 heavy (non-hydrogen) atoms. The van der Waals surface area contributed by atoms with Gasteiger partial charge in [0.2, 0.25) is 5.91 Å². The Labute approximate surface area is 131 Å². The Morgan fingerprint density at radius 1 is 1.09 bits per heavy atom. The summed E-state index contributed by atoms with van der Waals surface area (Å²) in [5.41, 5.74) is 0.377. The lowest BCUT2D eigenvalue weighted by Crippen LogP contribution is -2.44. The number of anilines is 1. The van der Waals surface area contributed by atoms with Gasteiger partial charge in [-0.05, 0) is 17.7 Å². The van der Waals surface area contributed by atoms with Crippen molar-refractivity contribution in [1.29, 1.82) is 0 Å². The van der Waals surface area contributed by atoms with Crippen LogP contribution in [0, 0.1) is 0 Å². The molecular weight excluding hydrogens is 306 g/mol. The zero-order chi connectivity index (χ0) is 16.0. The lowest BCUT2D eigenvalue weighted by Gasteiger charge is -2.27. The van der Waals surface area contributed by atoms with Gasteiger partial charge < -0.3 is 5.32 Å². The highest BCUT2D eigenvalue weighted by molar-refractivity contribution is 6.30. The van der Waals surface area contributed by atoms with E-state index in [0.29, 0.717) is 10.6 Å². The number of carbonyl (C=O) groups excluding carboxylic acids is 1. The van der Waals surface area contributed by atoms with Crippen molar-refractivity contribution in [2.24, 2.45) is 14.1 Å². The molecule has 0 aliphatic carbocycles. The van der Waals surface area contributed by atoms with Crippen LogP contribution in [0.5, 0.6) is 0 Å². The van der Waals surface area contributed by atoms with Gasteiger partial charge in [-0.3, -0.25) is 18.7 Å². The molecule has 1 aliphatic heterocycles. The highest BCUT2D eigenvalue weighted by Crippen LogP contribution is 2.34. The maximum absolute atomic E-state index is 12.5. The van der Waals surface area contributed by atoms with Crippen LogP contribution in [0.25, 0.3) is 0 Å². The van der Waals surface area contributed by atoms with E-state index >= 15 is 0 Å². The Morgan fingerprint density at radius 2 is 1.73 bits per heavy atom. The van der Waals surface area contributed by atoms with E-state index in [9.17, 15) is 14.4 Å². The predicted molar refractivity (Wildman–Crippen MR) is 83.5 cm³/mol. The Balaban J connectivity index is 2.30. The quantitative estimate of drug-likeness (QED) is 0.858. The first-order valence-electron chi connectivity index (χ1n) is 6.75. The van der Waals surface area contributed by atoms with Gasteiger partial charge >= 0.3 is 5.69 Å². The minimum atomic E-state index is -0.471. The van der Waals surface area contributed by atoms with Gasteiger partial charge in [0.1, 0.15) is 5.82 Å². The molecule has 0 fully saturated rings. The standard InChI is InChI=1S/C15H14ClN3O3/c1-18-13-12(14(21)19(2)15(18)22)10(7-11(20)17-13)8-3-5-9(16)6-4-8/h3-6,10H,7H2,1-2H3,(H,17,20).